The second-order valence-corrected chi connectivity index (χ2v) is 4.36. The van der Waals surface area contributed by atoms with Gasteiger partial charge in [-0.3, -0.25) is 5.43 Å². The molecule has 7 heteroatoms. The number of ether oxygens (including phenoxy) is 1. The summed E-state index contributed by atoms with van der Waals surface area (Å²) in [5.74, 6) is 1.16. The summed E-state index contributed by atoms with van der Waals surface area (Å²) in [6, 6.07) is 7.56. The van der Waals surface area contributed by atoms with E-state index in [0.29, 0.717) is 18.1 Å². The molecule has 21 heavy (non-hydrogen) atoms. The number of benzene rings is 1. The molecule has 1 aromatic carbocycles. The van der Waals surface area contributed by atoms with Gasteiger partial charge in [-0.2, -0.15) is 15.2 Å². The summed E-state index contributed by atoms with van der Waals surface area (Å²) >= 11 is 0. The Balaban J connectivity index is 1.98. The van der Waals surface area contributed by atoms with Crippen LogP contribution in [0.5, 0.6) is 5.75 Å². The third-order valence-corrected chi connectivity index (χ3v) is 2.61. The molecule has 0 atom stereocenters. The number of hydrazone groups is 1. The number of anilines is 1. The summed E-state index contributed by atoms with van der Waals surface area (Å²) in [4.78, 5) is 14.8. The van der Waals surface area contributed by atoms with E-state index >= 15 is 0 Å². The van der Waals surface area contributed by atoms with Crippen LogP contribution >= 0.6 is 0 Å². The largest absolute Gasteiger partial charge is 0.494 e. The van der Waals surface area contributed by atoms with Gasteiger partial charge in [0.25, 0.3) is 0 Å². The molecule has 0 unspecified atom stereocenters. The van der Waals surface area contributed by atoms with Gasteiger partial charge in [0, 0.05) is 0 Å². The molecule has 1 aromatic heterocycles. The highest BCUT2D eigenvalue weighted by Crippen LogP contribution is 2.11. The Morgan fingerprint density at radius 3 is 2.86 bits per heavy atom. The van der Waals surface area contributed by atoms with Gasteiger partial charge in [0.1, 0.15) is 11.4 Å². The lowest BCUT2D eigenvalue weighted by atomic mass is 10.2. The van der Waals surface area contributed by atoms with Gasteiger partial charge in [-0.1, -0.05) is 6.92 Å². The monoisotopic (exact) mass is 287 g/mol. The molecule has 0 spiro atoms. The normalized spacial score (nSPS) is 10.8. The third kappa shape index (κ3) is 4.41. The van der Waals surface area contributed by atoms with Gasteiger partial charge in [0.05, 0.1) is 12.8 Å². The van der Waals surface area contributed by atoms with Gasteiger partial charge in [-0.15, -0.1) is 0 Å². The molecule has 0 radical (unpaired) electrons. The molecule has 2 rings (SSSR count). The highest BCUT2D eigenvalue weighted by Gasteiger charge is 2.00. The zero-order valence-corrected chi connectivity index (χ0v) is 12.0. The van der Waals surface area contributed by atoms with Gasteiger partial charge in [0.2, 0.25) is 0 Å². The number of hydrogen-bond acceptors (Lipinski definition) is 6. The summed E-state index contributed by atoms with van der Waals surface area (Å²) in [5, 5.41) is 10.1. The molecule has 0 amide bonds. The fourth-order valence-electron chi connectivity index (χ4n) is 1.54. The maximum Gasteiger partial charge on any atom is 0.363 e. The molecule has 1 heterocycles. The van der Waals surface area contributed by atoms with E-state index in [2.05, 4.69) is 32.6 Å². The van der Waals surface area contributed by atoms with Gasteiger partial charge in [0.15, 0.2) is 5.82 Å². The fourth-order valence-corrected chi connectivity index (χ4v) is 1.54. The van der Waals surface area contributed by atoms with E-state index < -0.39 is 5.69 Å². The van der Waals surface area contributed by atoms with Gasteiger partial charge in [-0.25, -0.2) is 9.89 Å². The van der Waals surface area contributed by atoms with E-state index in [9.17, 15) is 4.79 Å². The molecular formula is C14H17N5O2. The topological polar surface area (TPSA) is 92.3 Å². The van der Waals surface area contributed by atoms with Crippen molar-refractivity contribution >= 4 is 12.0 Å². The number of aromatic nitrogens is 3. The van der Waals surface area contributed by atoms with Gasteiger partial charge in [-0.05, 0) is 43.2 Å². The first-order valence-electron chi connectivity index (χ1n) is 6.64. The van der Waals surface area contributed by atoms with Crippen molar-refractivity contribution < 1.29 is 4.74 Å². The molecule has 0 bridgehead atoms. The number of aromatic amines is 1. The number of nitrogens with one attached hydrogen (secondary N) is 2. The summed E-state index contributed by atoms with van der Waals surface area (Å²) in [5.41, 5.74) is 3.65. The van der Waals surface area contributed by atoms with Crippen molar-refractivity contribution in [2.45, 2.75) is 20.3 Å². The Morgan fingerprint density at radius 2 is 2.14 bits per heavy atom. The van der Waals surface area contributed by atoms with Crippen molar-refractivity contribution in [2.75, 3.05) is 12.0 Å². The summed E-state index contributed by atoms with van der Waals surface area (Å²) < 4.78 is 5.50. The van der Waals surface area contributed by atoms with Crippen molar-refractivity contribution in [3.8, 4) is 5.75 Å². The van der Waals surface area contributed by atoms with E-state index in [1.54, 1.807) is 13.1 Å². The molecule has 110 valence electrons. The van der Waals surface area contributed by atoms with E-state index in [-0.39, 0.29) is 0 Å². The molecule has 0 saturated heterocycles. The zero-order valence-electron chi connectivity index (χ0n) is 12.0. The Kier molecular flexibility index (Phi) is 5.03. The molecule has 0 fully saturated rings. The molecule has 0 aliphatic heterocycles. The van der Waals surface area contributed by atoms with Crippen LogP contribution in [-0.2, 0) is 0 Å². The molecule has 7 nitrogen and oxygen atoms in total. The summed E-state index contributed by atoms with van der Waals surface area (Å²) in [6.07, 6.45) is 2.61. The first kappa shape index (κ1) is 14.7. The Labute approximate surface area is 122 Å². The van der Waals surface area contributed by atoms with E-state index in [1.807, 2.05) is 24.3 Å². The van der Waals surface area contributed by atoms with Crippen LogP contribution in [-0.4, -0.2) is 28.0 Å². The Bertz CT molecular complexity index is 664. The second kappa shape index (κ2) is 7.18. The predicted octanol–water partition coefficient (Wildman–Crippen LogP) is 1.71. The van der Waals surface area contributed by atoms with Crippen LogP contribution in [0.2, 0.25) is 0 Å². The summed E-state index contributed by atoms with van der Waals surface area (Å²) in [7, 11) is 0. The molecule has 2 aromatic rings. The number of H-pyrrole nitrogens is 1. The minimum Gasteiger partial charge on any atom is -0.494 e. The van der Waals surface area contributed by atoms with Crippen LogP contribution in [0.25, 0.3) is 0 Å². The van der Waals surface area contributed by atoms with Crippen molar-refractivity contribution in [1.82, 2.24) is 15.2 Å². The minimum absolute atomic E-state index is 0.331. The Hall–Kier alpha value is -2.70. The highest BCUT2D eigenvalue weighted by atomic mass is 16.5. The number of rotatable bonds is 6. The van der Waals surface area contributed by atoms with Crippen molar-refractivity contribution in [3.63, 3.8) is 0 Å². The average Bonchev–Trinajstić information content (AvgIpc) is 2.50. The lowest BCUT2D eigenvalue weighted by Gasteiger charge is -2.04. The first-order chi connectivity index (χ1) is 10.2. The van der Waals surface area contributed by atoms with Crippen LogP contribution < -0.4 is 15.9 Å². The second-order valence-electron chi connectivity index (χ2n) is 4.36. The standard InChI is InChI=1S/C14H17N5O2/c1-3-8-21-12-6-4-11(5-7-12)9-15-18-13-10(2)17-19-14(20)16-13/h4-7,9H,3,8H2,1-2H3,(H2,16,18,19,20). The Morgan fingerprint density at radius 1 is 1.38 bits per heavy atom. The fraction of sp³-hybridized carbons (Fsp3) is 0.286. The quantitative estimate of drug-likeness (QED) is 0.623. The number of nitrogens with zero attached hydrogens (tertiary/aromatic N) is 3. The number of aryl methyl sites for hydroxylation is 1. The van der Waals surface area contributed by atoms with Crippen molar-refractivity contribution in [2.24, 2.45) is 5.10 Å². The maximum atomic E-state index is 11.1. The first-order valence-corrected chi connectivity index (χ1v) is 6.64. The van der Waals surface area contributed by atoms with Crippen LogP contribution in [0.1, 0.15) is 24.6 Å². The van der Waals surface area contributed by atoms with Crippen LogP contribution in [0.3, 0.4) is 0 Å². The third-order valence-electron chi connectivity index (χ3n) is 2.61. The lowest BCUT2D eigenvalue weighted by Crippen LogP contribution is -2.15. The highest BCUT2D eigenvalue weighted by molar-refractivity contribution is 5.80. The molecule has 0 aliphatic carbocycles. The summed E-state index contributed by atoms with van der Waals surface area (Å²) in [6.45, 7) is 4.49. The number of hydrogen-bond donors (Lipinski definition) is 2. The average molecular weight is 287 g/mol. The maximum absolute atomic E-state index is 11.1. The predicted molar refractivity (Wildman–Crippen MR) is 80.8 cm³/mol. The van der Waals surface area contributed by atoms with E-state index in [4.69, 9.17) is 4.74 Å². The van der Waals surface area contributed by atoms with E-state index in [1.165, 1.54) is 0 Å². The molecule has 0 saturated carbocycles. The van der Waals surface area contributed by atoms with Crippen molar-refractivity contribution in [3.05, 3.63) is 46.0 Å². The molecular weight excluding hydrogens is 270 g/mol. The lowest BCUT2D eigenvalue weighted by molar-refractivity contribution is 0.317. The zero-order chi connectivity index (χ0) is 15.1. The van der Waals surface area contributed by atoms with Crippen molar-refractivity contribution in [1.29, 1.82) is 0 Å². The van der Waals surface area contributed by atoms with Crippen LogP contribution in [0.4, 0.5) is 5.82 Å². The van der Waals surface area contributed by atoms with Gasteiger partial charge >= 0.3 is 5.69 Å². The molecule has 2 N–H and O–H groups in total. The SMILES string of the molecule is CCCOc1ccc(C=NNc2nc(=O)[nH]nc2C)cc1. The van der Waals surface area contributed by atoms with Crippen LogP contribution in [0, 0.1) is 6.92 Å². The smallest absolute Gasteiger partial charge is 0.363 e. The minimum atomic E-state index is -0.518. The van der Waals surface area contributed by atoms with E-state index in [0.717, 1.165) is 17.7 Å². The van der Waals surface area contributed by atoms with Crippen LogP contribution in [0.15, 0.2) is 34.2 Å². The van der Waals surface area contributed by atoms with Gasteiger partial charge < -0.3 is 4.74 Å². The molecule has 0 aliphatic rings.